The van der Waals surface area contributed by atoms with Crippen LogP contribution >= 0.6 is 27.7 Å². The molecule has 2 bridgehead atoms. The maximum Gasteiger partial charge on any atom is 0.248 e. The Hall–Kier alpha value is -2.70. The van der Waals surface area contributed by atoms with Crippen LogP contribution in [-0.2, 0) is 21.1 Å². The van der Waals surface area contributed by atoms with E-state index in [1.165, 1.54) is 0 Å². The van der Waals surface area contributed by atoms with Crippen molar-refractivity contribution in [2.75, 3.05) is 32.8 Å². The lowest BCUT2D eigenvalue weighted by atomic mass is 9.70. The first-order valence-corrected chi connectivity index (χ1v) is 17.4. The number of alkyl halides is 1. The van der Waals surface area contributed by atoms with Crippen LogP contribution < -0.4 is 0 Å². The summed E-state index contributed by atoms with van der Waals surface area (Å²) in [4.78, 5) is 48.7. The fraction of sp³-hybridized carbons (Fsp3) is 0.594. The predicted octanol–water partition coefficient (Wildman–Crippen LogP) is 3.85. The Kier molecular flexibility index (Phi) is 10.5. The smallest absolute Gasteiger partial charge is 0.248 e. The van der Waals surface area contributed by atoms with E-state index in [1.54, 1.807) is 38.4 Å². The number of para-hydroxylation sites is 1. The van der Waals surface area contributed by atoms with E-state index in [9.17, 15) is 19.5 Å². The highest BCUT2D eigenvalue weighted by Crippen LogP contribution is 2.68. The van der Waals surface area contributed by atoms with Gasteiger partial charge in [-0.15, -0.1) is 30.0 Å². The molecule has 1 aromatic heterocycles. The second-order valence-corrected chi connectivity index (χ2v) is 14.7. The van der Waals surface area contributed by atoms with Crippen molar-refractivity contribution >= 4 is 56.4 Å². The van der Waals surface area contributed by atoms with Gasteiger partial charge in [0.05, 0.1) is 22.1 Å². The maximum absolute atomic E-state index is 14.8. The molecule has 1 spiro atoms. The molecule has 0 saturated carbocycles. The molecule has 6 atom stereocenters. The number of benzene rings is 1. The van der Waals surface area contributed by atoms with Gasteiger partial charge in [-0.1, -0.05) is 65.2 Å². The van der Waals surface area contributed by atoms with E-state index in [-0.39, 0.29) is 47.6 Å². The quantitative estimate of drug-likeness (QED) is 0.162. The van der Waals surface area contributed by atoms with Gasteiger partial charge in [0.25, 0.3) is 0 Å². The second kappa shape index (κ2) is 14.2. The number of likely N-dealkylation sites (tertiary alicyclic amines) is 1. The third-order valence-electron chi connectivity index (χ3n) is 9.16. The molecule has 238 valence electrons. The van der Waals surface area contributed by atoms with Crippen LogP contribution in [0.2, 0.25) is 0 Å². The number of thioether (sulfide) groups is 1. The minimum Gasteiger partial charge on any atom is -0.396 e. The largest absolute Gasteiger partial charge is 0.396 e. The fourth-order valence-electron chi connectivity index (χ4n) is 7.34. The number of carbonyl (C=O) groups is 3. The average molecular weight is 688 g/mol. The minimum atomic E-state index is -0.728. The lowest BCUT2D eigenvalue weighted by Gasteiger charge is -2.38. The number of hydrogen-bond acceptors (Lipinski definition) is 7. The normalized spacial score (nSPS) is 27.1. The highest BCUT2D eigenvalue weighted by molar-refractivity contribution is 9.09. The van der Waals surface area contributed by atoms with Crippen molar-refractivity contribution in [1.29, 1.82) is 0 Å². The minimum absolute atomic E-state index is 0.00428. The Morgan fingerprint density at radius 1 is 1.14 bits per heavy atom. The molecule has 3 saturated heterocycles. The number of fused-ring (bicyclic) bond motifs is 2. The van der Waals surface area contributed by atoms with Crippen LogP contribution in [-0.4, -0.2) is 106 Å². The molecule has 3 aliphatic rings. The van der Waals surface area contributed by atoms with Crippen molar-refractivity contribution < 1.29 is 19.5 Å². The molecule has 2 aromatic rings. The summed E-state index contributed by atoms with van der Waals surface area (Å²) in [5.41, 5.74) is 1.55. The molecule has 0 radical (unpaired) electrons. The standard InChI is InChI=1S/C32H43BrN6O4S/c1-4-15-36(16-5-2)29(41)25-26-30(42)38(18-11-7-8-12-19-40)28(32(26)20-22(33)27(25)44-32)31(43)37(17-6-3)21-39-24-14-10-9-13-23(24)34-35-39/h4,6,9-10,13-14,22,25-28,40H,1,3,5,7-8,11-12,15-21H2,2H3/t22?,25-,26+,27-,28?,32?/m1/s1. The SMILES string of the molecule is C=CCN(Cn1nnc2ccccc21)C(=O)C1N(CCCCCCO)C(=O)[C@@H]2[C@@H](C(=O)N(CC=C)CCC)[C@@H]3SC12CC3Br. The first-order chi connectivity index (χ1) is 21.3. The fourth-order valence-corrected chi connectivity index (χ4v) is 10.9. The molecule has 3 fully saturated rings. The zero-order valence-electron chi connectivity index (χ0n) is 25.4. The summed E-state index contributed by atoms with van der Waals surface area (Å²) in [5, 5.41) is 17.7. The first-order valence-electron chi connectivity index (χ1n) is 15.6. The number of hydrogen-bond donors (Lipinski definition) is 1. The number of aliphatic hydroxyl groups excluding tert-OH is 1. The van der Waals surface area contributed by atoms with E-state index in [1.807, 2.05) is 36.1 Å². The molecule has 44 heavy (non-hydrogen) atoms. The number of aliphatic hydroxyl groups is 1. The molecular weight excluding hydrogens is 644 g/mol. The van der Waals surface area contributed by atoms with E-state index in [0.29, 0.717) is 32.5 Å². The van der Waals surface area contributed by atoms with Gasteiger partial charge < -0.3 is 19.8 Å². The predicted molar refractivity (Wildman–Crippen MR) is 176 cm³/mol. The Morgan fingerprint density at radius 2 is 1.86 bits per heavy atom. The molecule has 3 amide bonds. The number of carbonyl (C=O) groups excluding carboxylic acids is 3. The van der Waals surface area contributed by atoms with Gasteiger partial charge in [0.1, 0.15) is 18.2 Å². The van der Waals surface area contributed by atoms with E-state index in [4.69, 9.17) is 0 Å². The van der Waals surface area contributed by atoms with Crippen LogP contribution in [0.5, 0.6) is 0 Å². The van der Waals surface area contributed by atoms with Crippen LogP contribution in [0.4, 0.5) is 0 Å². The number of rotatable bonds is 16. The van der Waals surface area contributed by atoms with Crippen LogP contribution in [0, 0.1) is 11.8 Å². The van der Waals surface area contributed by atoms with E-state index in [0.717, 1.165) is 36.7 Å². The molecule has 5 rings (SSSR count). The maximum atomic E-state index is 14.8. The zero-order valence-corrected chi connectivity index (χ0v) is 27.8. The Labute approximate surface area is 272 Å². The Morgan fingerprint density at radius 3 is 2.59 bits per heavy atom. The monoisotopic (exact) mass is 686 g/mol. The summed E-state index contributed by atoms with van der Waals surface area (Å²) in [6.07, 6.45) is 7.98. The summed E-state index contributed by atoms with van der Waals surface area (Å²) < 4.78 is 0.979. The summed E-state index contributed by atoms with van der Waals surface area (Å²) >= 11 is 5.54. The van der Waals surface area contributed by atoms with Crippen molar-refractivity contribution in [1.82, 2.24) is 29.7 Å². The molecule has 10 nitrogen and oxygen atoms in total. The molecule has 4 heterocycles. The Bertz CT molecular complexity index is 1390. The lowest BCUT2D eigenvalue weighted by molar-refractivity contribution is -0.145. The van der Waals surface area contributed by atoms with Crippen LogP contribution in [0.15, 0.2) is 49.6 Å². The summed E-state index contributed by atoms with van der Waals surface area (Å²) in [6.45, 7) is 11.8. The second-order valence-electron chi connectivity index (χ2n) is 12.0. The molecule has 12 heteroatoms. The van der Waals surface area contributed by atoms with Crippen molar-refractivity contribution in [2.45, 2.75) is 73.0 Å². The van der Waals surface area contributed by atoms with Gasteiger partial charge in [-0.05, 0) is 37.8 Å². The van der Waals surface area contributed by atoms with Crippen molar-refractivity contribution in [2.24, 2.45) is 11.8 Å². The number of amides is 3. The molecule has 3 aliphatic heterocycles. The number of halogens is 1. The third-order valence-corrected chi connectivity index (χ3v) is 12.4. The summed E-state index contributed by atoms with van der Waals surface area (Å²) in [7, 11) is 0. The van der Waals surface area contributed by atoms with E-state index < -0.39 is 22.6 Å². The van der Waals surface area contributed by atoms with Gasteiger partial charge in [-0.25, -0.2) is 4.68 Å². The lowest BCUT2D eigenvalue weighted by Crippen LogP contribution is -2.56. The van der Waals surface area contributed by atoms with Crippen LogP contribution in [0.3, 0.4) is 0 Å². The Balaban J connectivity index is 1.51. The topological polar surface area (TPSA) is 112 Å². The van der Waals surface area contributed by atoms with Crippen LogP contribution in [0.25, 0.3) is 11.0 Å². The van der Waals surface area contributed by atoms with Crippen molar-refractivity contribution in [3.05, 3.63) is 49.6 Å². The summed E-state index contributed by atoms with van der Waals surface area (Å²) in [5.74, 6) is -1.38. The van der Waals surface area contributed by atoms with Gasteiger partial charge in [-0.3, -0.25) is 14.4 Å². The number of nitrogens with zero attached hydrogens (tertiary/aromatic N) is 6. The number of aromatic nitrogens is 3. The van der Waals surface area contributed by atoms with Crippen molar-refractivity contribution in [3.63, 3.8) is 0 Å². The highest BCUT2D eigenvalue weighted by Gasteiger charge is 2.76. The number of unbranched alkanes of at least 4 members (excludes halogenated alkanes) is 3. The van der Waals surface area contributed by atoms with Gasteiger partial charge in [0, 0.05) is 42.9 Å². The summed E-state index contributed by atoms with van der Waals surface area (Å²) in [6, 6.07) is 6.89. The average Bonchev–Trinajstić information content (AvgIpc) is 3.73. The van der Waals surface area contributed by atoms with Gasteiger partial charge >= 0.3 is 0 Å². The molecule has 0 aliphatic carbocycles. The molecular formula is C32H43BrN6O4S. The molecule has 3 unspecified atom stereocenters. The van der Waals surface area contributed by atoms with Gasteiger partial charge in [0.15, 0.2) is 0 Å². The third kappa shape index (κ3) is 5.85. The van der Waals surface area contributed by atoms with E-state index >= 15 is 0 Å². The first kappa shape index (κ1) is 32.7. The van der Waals surface area contributed by atoms with Gasteiger partial charge in [0.2, 0.25) is 17.7 Å². The molecule has 1 N–H and O–H groups in total. The van der Waals surface area contributed by atoms with Gasteiger partial charge in [-0.2, -0.15) is 0 Å². The highest BCUT2D eigenvalue weighted by atomic mass is 79.9. The molecule has 1 aromatic carbocycles. The van der Waals surface area contributed by atoms with E-state index in [2.05, 4.69) is 39.4 Å². The van der Waals surface area contributed by atoms with Crippen molar-refractivity contribution in [3.8, 4) is 0 Å². The zero-order chi connectivity index (χ0) is 31.4. The van der Waals surface area contributed by atoms with Crippen LogP contribution in [0.1, 0.15) is 45.4 Å².